The van der Waals surface area contributed by atoms with Crippen LogP contribution < -0.4 is 0 Å². The van der Waals surface area contributed by atoms with Gasteiger partial charge >= 0.3 is 12.1 Å². The molecule has 1 heterocycles. The first-order valence-electron chi connectivity index (χ1n) is 6.46. The van der Waals surface area contributed by atoms with Crippen LogP contribution in [0, 0.1) is 6.92 Å². The number of benzene rings is 1. The van der Waals surface area contributed by atoms with Crippen molar-refractivity contribution in [1.82, 2.24) is 4.98 Å². The normalized spacial score (nSPS) is 13.0. The summed E-state index contributed by atoms with van der Waals surface area (Å²) in [6.07, 6.45) is -4.39. The number of carbonyl (C=O) groups excluding carboxylic acids is 1. The van der Waals surface area contributed by atoms with Gasteiger partial charge in [-0.1, -0.05) is 0 Å². The summed E-state index contributed by atoms with van der Waals surface area (Å²) in [6, 6.07) is 4.47. The summed E-state index contributed by atoms with van der Waals surface area (Å²) < 4.78 is 47.7. The molecule has 118 valence electrons. The Balaban J connectivity index is 2.33. The van der Waals surface area contributed by atoms with Crippen molar-refractivity contribution in [3.63, 3.8) is 0 Å². The maximum Gasteiger partial charge on any atom is 0.416 e. The third-order valence-corrected chi connectivity index (χ3v) is 3.26. The van der Waals surface area contributed by atoms with Crippen LogP contribution in [0.1, 0.15) is 29.9 Å². The van der Waals surface area contributed by atoms with Gasteiger partial charge in [-0.15, -0.1) is 0 Å². The Kier molecular flexibility index (Phi) is 4.25. The van der Waals surface area contributed by atoms with Crippen molar-refractivity contribution in [2.75, 3.05) is 7.11 Å². The molecule has 0 aliphatic heterocycles. The Labute approximate surface area is 124 Å². The number of alkyl halides is 3. The van der Waals surface area contributed by atoms with Gasteiger partial charge in [-0.3, -0.25) is 4.79 Å². The second kappa shape index (κ2) is 5.82. The summed E-state index contributed by atoms with van der Waals surface area (Å²) in [5, 5.41) is 0. The molecule has 0 saturated heterocycles. The molecule has 0 saturated carbocycles. The zero-order valence-corrected chi connectivity index (χ0v) is 12.2. The van der Waals surface area contributed by atoms with Crippen molar-refractivity contribution in [1.29, 1.82) is 0 Å². The minimum Gasteiger partial charge on any atom is -0.469 e. The number of aromatic nitrogens is 1. The highest BCUT2D eigenvalue weighted by Crippen LogP contribution is 2.32. The fourth-order valence-corrected chi connectivity index (χ4v) is 2.02. The molecule has 2 aromatic rings. The minimum atomic E-state index is -4.39. The number of hydrogen-bond donors (Lipinski definition) is 0. The van der Waals surface area contributed by atoms with Crippen molar-refractivity contribution < 1.29 is 27.1 Å². The summed E-state index contributed by atoms with van der Waals surface area (Å²) in [5.41, 5.74) is 0.0591. The lowest BCUT2D eigenvalue weighted by Gasteiger charge is -2.06. The molecule has 0 aliphatic carbocycles. The number of esters is 1. The number of nitrogens with zero attached hydrogens (tertiary/aromatic N) is 1. The van der Waals surface area contributed by atoms with Crippen LogP contribution in [0.2, 0.25) is 0 Å². The van der Waals surface area contributed by atoms with Crippen LogP contribution in [0.3, 0.4) is 0 Å². The van der Waals surface area contributed by atoms with Gasteiger partial charge in [0.05, 0.1) is 24.3 Å². The van der Waals surface area contributed by atoms with Crippen LogP contribution in [0.25, 0.3) is 11.5 Å². The first-order chi connectivity index (χ1) is 10.2. The number of halogens is 3. The van der Waals surface area contributed by atoms with E-state index in [1.807, 2.05) is 0 Å². The lowest BCUT2D eigenvalue weighted by Crippen LogP contribution is -2.12. The van der Waals surface area contributed by atoms with Crippen molar-refractivity contribution in [2.45, 2.75) is 25.9 Å². The molecule has 0 fully saturated rings. The standard InChI is InChI=1S/C15H14F3NO3/c1-8(14(20)21-3)12-9(2)22-13(19-12)10-4-6-11(7-5-10)15(16,17)18/h4-8H,1-3H3. The summed E-state index contributed by atoms with van der Waals surface area (Å²) in [4.78, 5) is 15.7. The third-order valence-electron chi connectivity index (χ3n) is 3.26. The Bertz CT molecular complexity index is 674. The van der Waals surface area contributed by atoms with Crippen LogP contribution in [0.15, 0.2) is 28.7 Å². The monoisotopic (exact) mass is 313 g/mol. The highest BCUT2D eigenvalue weighted by Gasteiger charge is 2.30. The quantitative estimate of drug-likeness (QED) is 0.805. The number of hydrogen-bond acceptors (Lipinski definition) is 4. The molecule has 0 spiro atoms. The maximum atomic E-state index is 12.5. The largest absolute Gasteiger partial charge is 0.469 e. The Hall–Kier alpha value is -2.31. The van der Waals surface area contributed by atoms with Crippen LogP contribution >= 0.6 is 0 Å². The van der Waals surface area contributed by atoms with Crippen LogP contribution in [0.4, 0.5) is 13.2 Å². The molecule has 0 N–H and O–H groups in total. The Morgan fingerprint density at radius 1 is 1.27 bits per heavy atom. The molecule has 1 unspecified atom stereocenters. The number of methoxy groups -OCH3 is 1. The number of oxazole rings is 1. The van der Waals surface area contributed by atoms with E-state index in [4.69, 9.17) is 4.42 Å². The van der Waals surface area contributed by atoms with Gasteiger partial charge in [-0.05, 0) is 38.1 Å². The fourth-order valence-electron chi connectivity index (χ4n) is 2.02. The number of carbonyl (C=O) groups is 1. The zero-order chi connectivity index (χ0) is 16.5. The highest BCUT2D eigenvalue weighted by atomic mass is 19.4. The molecule has 1 atom stereocenters. The predicted molar refractivity (Wildman–Crippen MR) is 72.1 cm³/mol. The first-order valence-corrected chi connectivity index (χ1v) is 6.46. The van der Waals surface area contributed by atoms with Gasteiger partial charge in [0.15, 0.2) is 0 Å². The second-order valence-electron chi connectivity index (χ2n) is 4.78. The lowest BCUT2D eigenvalue weighted by atomic mass is 10.1. The van der Waals surface area contributed by atoms with Crippen LogP contribution in [0.5, 0.6) is 0 Å². The molecule has 1 aromatic carbocycles. The first kappa shape index (κ1) is 16.1. The second-order valence-corrected chi connectivity index (χ2v) is 4.78. The molecule has 7 heteroatoms. The van der Waals surface area contributed by atoms with E-state index in [0.29, 0.717) is 17.0 Å². The van der Waals surface area contributed by atoms with Crippen molar-refractivity contribution >= 4 is 5.97 Å². The molecular formula is C15H14F3NO3. The van der Waals surface area contributed by atoms with E-state index in [9.17, 15) is 18.0 Å². The van der Waals surface area contributed by atoms with Crippen LogP contribution in [-0.4, -0.2) is 18.1 Å². The van der Waals surface area contributed by atoms with E-state index >= 15 is 0 Å². The minimum absolute atomic E-state index is 0.164. The molecule has 2 rings (SSSR count). The Morgan fingerprint density at radius 2 is 1.86 bits per heavy atom. The summed E-state index contributed by atoms with van der Waals surface area (Å²) in [7, 11) is 1.27. The number of rotatable bonds is 3. The Morgan fingerprint density at radius 3 is 2.36 bits per heavy atom. The van der Waals surface area contributed by atoms with Crippen molar-refractivity contribution in [2.24, 2.45) is 0 Å². The molecule has 0 aliphatic rings. The van der Waals surface area contributed by atoms with Gasteiger partial charge in [-0.25, -0.2) is 4.98 Å². The van der Waals surface area contributed by atoms with E-state index in [0.717, 1.165) is 12.1 Å². The van der Waals surface area contributed by atoms with Crippen LogP contribution in [-0.2, 0) is 15.7 Å². The molecule has 0 bridgehead atoms. The van der Waals surface area contributed by atoms with Gasteiger partial charge in [0.1, 0.15) is 5.76 Å². The zero-order valence-electron chi connectivity index (χ0n) is 12.2. The maximum absolute atomic E-state index is 12.5. The average molecular weight is 313 g/mol. The molecule has 0 radical (unpaired) electrons. The highest BCUT2D eigenvalue weighted by molar-refractivity contribution is 5.77. The van der Waals surface area contributed by atoms with E-state index in [-0.39, 0.29) is 5.89 Å². The smallest absolute Gasteiger partial charge is 0.416 e. The lowest BCUT2D eigenvalue weighted by molar-refractivity contribution is -0.142. The van der Waals surface area contributed by atoms with Crippen molar-refractivity contribution in [3.05, 3.63) is 41.3 Å². The van der Waals surface area contributed by atoms with Gasteiger partial charge in [0.25, 0.3) is 0 Å². The molecule has 1 aromatic heterocycles. The summed E-state index contributed by atoms with van der Waals surface area (Å²) in [5.74, 6) is -0.489. The van der Waals surface area contributed by atoms with E-state index in [1.54, 1.807) is 13.8 Å². The number of ether oxygens (including phenoxy) is 1. The van der Waals surface area contributed by atoms with E-state index in [1.165, 1.54) is 19.2 Å². The van der Waals surface area contributed by atoms with E-state index < -0.39 is 23.6 Å². The molecule has 0 amide bonds. The SMILES string of the molecule is COC(=O)C(C)c1nc(-c2ccc(C(F)(F)F)cc2)oc1C. The van der Waals surface area contributed by atoms with Gasteiger partial charge in [-0.2, -0.15) is 13.2 Å². The van der Waals surface area contributed by atoms with Crippen molar-refractivity contribution in [3.8, 4) is 11.5 Å². The van der Waals surface area contributed by atoms with E-state index in [2.05, 4.69) is 9.72 Å². The summed E-state index contributed by atoms with van der Waals surface area (Å²) >= 11 is 0. The average Bonchev–Trinajstić information content (AvgIpc) is 2.87. The molecular weight excluding hydrogens is 299 g/mol. The van der Waals surface area contributed by atoms with Gasteiger partial charge in [0, 0.05) is 5.56 Å². The molecule has 22 heavy (non-hydrogen) atoms. The predicted octanol–water partition coefficient (Wildman–Crippen LogP) is 3.95. The fraction of sp³-hybridized carbons (Fsp3) is 0.333. The van der Waals surface area contributed by atoms with Gasteiger partial charge < -0.3 is 9.15 Å². The summed E-state index contributed by atoms with van der Waals surface area (Å²) in [6.45, 7) is 3.25. The topological polar surface area (TPSA) is 52.3 Å². The number of aryl methyl sites for hydroxylation is 1. The molecule has 4 nitrogen and oxygen atoms in total. The van der Waals surface area contributed by atoms with Gasteiger partial charge in [0.2, 0.25) is 5.89 Å². The third kappa shape index (κ3) is 3.13.